The number of carbonyl (C=O) groups is 1. The van der Waals surface area contributed by atoms with E-state index in [2.05, 4.69) is 0 Å². The molecule has 1 aliphatic carbocycles. The Bertz CT molecular complexity index is 790. The first-order valence-electron chi connectivity index (χ1n) is 6.02. The lowest BCUT2D eigenvalue weighted by atomic mass is 10.3. The van der Waals surface area contributed by atoms with Gasteiger partial charge in [0.05, 0.1) is 10.7 Å². The van der Waals surface area contributed by atoms with Crippen molar-refractivity contribution in [1.29, 1.82) is 0 Å². The van der Waals surface area contributed by atoms with E-state index in [1.165, 1.54) is 6.92 Å². The van der Waals surface area contributed by atoms with Gasteiger partial charge in [-0.25, -0.2) is 17.8 Å². The molecule has 1 N–H and O–H groups in total. The number of hydrogen-bond donors (Lipinski definition) is 1. The summed E-state index contributed by atoms with van der Waals surface area (Å²) in [6, 6.07) is 0.866. The third kappa shape index (κ3) is 2.79. The smallest absolute Gasteiger partial charge is 0.418 e. The maximum absolute atomic E-state index is 12.2. The van der Waals surface area contributed by atoms with Crippen LogP contribution in [0.3, 0.4) is 0 Å². The van der Waals surface area contributed by atoms with Crippen molar-refractivity contribution in [3.05, 3.63) is 32.2 Å². The molecule has 1 aromatic rings. The number of rotatable bonds is 4. The van der Waals surface area contributed by atoms with Crippen LogP contribution in [0.4, 0.5) is 10.5 Å². The van der Waals surface area contributed by atoms with Gasteiger partial charge >= 0.3 is 17.3 Å². The molecule has 1 saturated carbocycles. The molecule has 0 atom stereocenters. The van der Waals surface area contributed by atoms with Crippen LogP contribution in [0.15, 0.2) is 15.8 Å². The maximum Gasteiger partial charge on any atom is 0.418 e. The summed E-state index contributed by atoms with van der Waals surface area (Å²) in [6.45, 7) is 1.20. The van der Waals surface area contributed by atoms with Gasteiger partial charge in [-0.05, 0) is 31.7 Å². The summed E-state index contributed by atoms with van der Waals surface area (Å²) in [5, 5.41) is 19.9. The van der Waals surface area contributed by atoms with Crippen molar-refractivity contribution in [3.8, 4) is 0 Å². The van der Waals surface area contributed by atoms with Crippen LogP contribution in [-0.2, 0) is 9.84 Å². The molecule has 0 unspecified atom stereocenters. The number of pyridine rings is 1. The maximum atomic E-state index is 12.2. The van der Waals surface area contributed by atoms with E-state index in [1.807, 2.05) is 0 Å². The van der Waals surface area contributed by atoms with Gasteiger partial charge in [0.1, 0.15) is 0 Å². The van der Waals surface area contributed by atoms with E-state index in [1.54, 1.807) is 0 Å². The first-order chi connectivity index (χ1) is 9.65. The highest BCUT2D eigenvalue weighted by atomic mass is 32.2. The Morgan fingerprint density at radius 3 is 2.52 bits per heavy atom. The third-order valence-electron chi connectivity index (χ3n) is 3.19. The summed E-state index contributed by atoms with van der Waals surface area (Å²) in [5.41, 5.74) is -2.86. The fraction of sp³-hybridized carbons (Fsp3) is 0.455. The van der Waals surface area contributed by atoms with Crippen molar-refractivity contribution in [1.82, 2.24) is 4.57 Å². The Morgan fingerprint density at radius 2 is 2.10 bits per heavy atom. The molecule has 0 saturated heterocycles. The van der Waals surface area contributed by atoms with Crippen LogP contribution in [0.1, 0.15) is 18.5 Å². The number of aromatic nitrogens is 1. The Hall–Kier alpha value is -2.23. The molecule has 1 heterocycles. The van der Waals surface area contributed by atoms with Gasteiger partial charge in [-0.2, -0.15) is 0 Å². The molecular formula is C11H12N2O7S. The third-order valence-corrected chi connectivity index (χ3v) is 5.08. The number of nitro groups is 1. The van der Waals surface area contributed by atoms with Crippen LogP contribution in [0.25, 0.3) is 0 Å². The molecule has 0 radical (unpaired) electrons. The molecule has 2 rings (SSSR count). The minimum Gasteiger partial charge on any atom is -0.464 e. The lowest BCUT2D eigenvalue weighted by Crippen LogP contribution is -2.31. The van der Waals surface area contributed by atoms with Crippen molar-refractivity contribution in [3.63, 3.8) is 0 Å². The van der Waals surface area contributed by atoms with Gasteiger partial charge in [0.25, 0.3) is 0 Å². The van der Waals surface area contributed by atoms with Gasteiger partial charge in [-0.1, -0.05) is 0 Å². The van der Waals surface area contributed by atoms with Crippen LogP contribution in [-0.4, -0.2) is 34.9 Å². The minimum absolute atomic E-state index is 0.0585. The molecular weight excluding hydrogens is 304 g/mol. The second kappa shape index (κ2) is 4.95. The standard InChI is InChI=1S/C11H12N2O7S/c1-6-4-8(21(19,20)5-7-2-3-7)9(13(17)18)10(14)12(6)11(15)16/h4,7H,2-3,5H2,1H3,(H,15,16). The number of carboxylic acid groups (broad SMARTS) is 1. The molecule has 1 fully saturated rings. The monoisotopic (exact) mass is 316 g/mol. The number of hydrogen-bond acceptors (Lipinski definition) is 6. The molecule has 1 aliphatic rings. The number of aryl methyl sites for hydroxylation is 1. The second-order valence-electron chi connectivity index (χ2n) is 4.90. The van der Waals surface area contributed by atoms with Gasteiger partial charge < -0.3 is 5.11 Å². The second-order valence-corrected chi connectivity index (χ2v) is 6.91. The van der Waals surface area contributed by atoms with Crippen molar-refractivity contribution >= 4 is 21.6 Å². The Morgan fingerprint density at radius 1 is 1.52 bits per heavy atom. The summed E-state index contributed by atoms with van der Waals surface area (Å²) in [4.78, 5) is 32.0. The van der Waals surface area contributed by atoms with E-state index in [-0.39, 0.29) is 21.9 Å². The van der Waals surface area contributed by atoms with Crippen molar-refractivity contribution in [2.45, 2.75) is 24.7 Å². The van der Waals surface area contributed by atoms with E-state index < -0.39 is 37.0 Å². The molecule has 114 valence electrons. The molecule has 10 heteroatoms. The van der Waals surface area contributed by atoms with Crippen molar-refractivity contribution in [2.75, 3.05) is 5.75 Å². The average molecular weight is 316 g/mol. The molecule has 21 heavy (non-hydrogen) atoms. The fourth-order valence-corrected chi connectivity index (χ4v) is 3.96. The Balaban J connectivity index is 2.74. The highest BCUT2D eigenvalue weighted by Crippen LogP contribution is 2.34. The lowest BCUT2D eigenvalue weighted by Gasteiger charge is -2.09. The van der Waals surface area contributed by atoms with Crippen LogP contribution in [0.2, 0.25) is 0 Å². The number of sulfone groups is 1. The average Bonchev–Trinajstić information content (AvgIpc) is 3.10. The van der Waals surface area contributed by atoms with Gasteiger partial charge in [0.2, 0.25) is 0 Å². The van der Waals surface area contributed by atoms with Crippen LogP contribution in [0.5, 0.6) is 0 Å². The topological polar surface area (TPSA) is 137 Å². The first kappa shape index (κ1) is 15.2. The normalized spacial score (nSPS) is 14.9. The van der Waals surface area contributed by atoms with Gasteiger partial charge in [-0.15, -0.1) is 0 Å². The van der Waals surface area contributed by atoms with Gasteiger partial charge in [0.15, 0.2) is 14.7 Å². The zero-order chi connectivity index (χ0) is 15.9. The van der Waals surface area contributed by atoms with E-state index in [0.29, 0.717) is 0 Å². The van der Waals surface area contributed by atoms with Crippen molar-refractivity contribution in [2.24, 2.45) is 5.92 Å². The molecule has 0 bridgehead atoms. The predicted molar refractivity (Wildman–Crippen MR) is 70.3 cm³/mol. The van der Waals surface area contributed by atoms with Crippen molar-refractivity contribution < 1.29 is 23.2 Å². The molecule has 0 spiro atoms. The Kier molecular flexibility index (Phi) is 3.58. The highest BCUT2D eigenvalue weighted by Gasteiger charge is 2.36. The van der Waals surface area contributed by atoms with Gasteiger partial charge in [0, 0.05) is 5.69 Å². The zero-order valence-corrected chi connectivity index (χ0v) is 11.8. The molecule has 1 aromatic heterocycles. The number of nitrogens with zero attached hydrogens (tertiary/aromatic N) is 2. The van der Waals surface area contributed by atoms with E-state index in [0.717, 1.165) is 18.9 Å². The summed E-state index contributed by atoms with van der Waals surface area (Å²) >= 11 is 0. The summed E-state index contributed by atoms with van der Waals surface area (Å²) in [7, 11) is -4.01. The van der Waals surface area contributed by atoms with Gasteiger partial charge in [-0.3, -0.25) is 14.9 Å². The summed E-state index contributed by atoms with van der Waals surface area (Å²) in [6.07, 6.45) is -0.261. The van der Waals surface area contributed by atoms with Crippen LogP contribution in [0, 0.1) is 23.0 Å². The fourth-order valence-electron chi connectivity index (χ4n) is 2.02. The summed E-state index contributed by atoms with van der Waals surface area (Å²) in [5.74, 6) is -0.333. The quantitative estimate of drug-likeness (QED) is 0.639. The van der Waals surface area contributed by atoms with Crippen LogP contribution < -0.4 is 5.56 Å². The lowest BCUT2D eigenvalue weighted by molar-refractivity contribution is -0.389. The van der Waals surface area contributed by atoms with E-state index in [9.17, 15) is 28.1 Å². The molecule has 0 amide bonds. The van der Waals surface area contributed by atoms with Crippen LogP contribution >= 0.6 is 0 Å². The van der Waals surface area contributed by atoms with E-state index in [4.69, 9.17) is 5.11 Å². The first-order valence-corrected chi connectivity index (χ1v) is 7.67. The molecule has 0 aliphatic heterocycles. The Labute approximate surface area is 118 Å². The largest absolute Gasteiger partial charge is 0.464 e. The highest BCUT2D eigenvalue weighted by molar-refractivity contribution is 7.91. The molecule has 9 nitrogen and oxygen atoms in total. The minimum atomic E-state index is -4.01. The SMILES string of the molecule is Cc1cc(S(=O)(=O)CC2CC2)c([N+](=O)[O-])c(=O)n1C(=O)O. The zero-order valence-electron chi connectivity index (χ0n) is 11.0. The molecule has 0 aromatic carbocycles. The summed E-state index contributed by atoms with van der Waals surface area (Å²) < 4.78 is 24.5. The predicted octanol–water partition coefficient (Wildman–Crippen LogP) is 0.775. The van der Waals surface area contributed by atoms with E-state index >= 15 is 0 Å².